The van der Waals surface area contributed by atoms with Gasteiger partial charge in [-0.25, -0.2) is 9.97 Å². The zero-order valence-electron chi connectivity index (χ0n) is 17.1. The van der Waals surface area contributed by atoms with Gasteiger partial charge in [-0.05, 0) is 49.2 Å². The van der Waals surface area contributed by atoms with Gasteiger partial charge in [-0.15, -0.1) is 0 Å². The topological polar surface area (TPSA) is 76.1 Å². The van der Waals surface area contributed by atoms with E-state index in [-0.39, 0.29) is 5.91 Å². The summed E-state index contributed by atoms with van der Waals surface area (Å²) in [6.45, 7) is 0. The van der Waals surface area contributed by atoms with Crippen LogP contribution in [0.25, 0.3) is 11.3 Å². The predicted molar refractivity (Wildman–Crippen MR) is 118 cm³/mol. The van der Waals surface area contributed by atoms with Crippen LogP contribution in [0, 0.1) is 0 Å². The number of carbonyl (C=O) groups excluding carboxylic acids is 1. The van der Waals surface area contributed by atoms with Crippen LogP contribution in [0.3, 0.4) is 0 Å². The van der Waals surface area contributed by atoms with E-state index in [9.17, 15) is 4.79 Å². The van der Waals surface area contributed by atoms with Gasteiger partial charge in [-0.1, -0.05) is 31.4 Å². The number of carbonyl (C=O) groups is 1. The van der Waals surface area contributed by atoms with Gasteiger partial charge in [0, 0.05) is 28.9 Å². The molecule has 0 saturated heterocycles. The molecule has 2 N–H and O–H groups in total. The Kier molecular flexibility index (Phi) is 6.23. The van der Waals surface area contributed by atoms with Gasteiger partial charge in [0.1, 0.15) is 17.9 Å². The molecule has 1 fully saturated rings. The number of amides is 1. The molecule has 1 aliphatic carbocycles. The van der Waals surface area contributed by atoms with Crippen molar-refractivity contribution >= 4 is 17.4 Å². The molecule has 4 rings (SSSR count). The Morgan fingerprint density at radius 2 is 1.77 bits per heavy atom. The fraction of sp³-hybridized carbons (Fsp3) is 0.292. The molecule has 0 atom stereocenters. The summed E-state index contributed by atoms with van der Waals surface area (Å²) in [4.78, 5) is 21.2. The Morgan fingerprint density at radius 3 is 2.53 bits per heavy atom. The Morgan fingerprint density at radius 1 is 1.00 bits per heavy atom. The van der Waals surface area contributed by atoms with Crippen molar-refractivity contribution in [1.82, 2.24) is 15.3 Å². The number of hydrogen-bond acceptors (Lipinski definition) is 5. The van der Waals surface area contributed by atoms with Crippen molar-refractivity contribution in [1.29, 1.82) is 0 Å². The van der Waals surface area contributed by atoms with E-state index in [4.69, 9.17) is 4.74 Å². The maximum atomic E-state index is 12.5. The van der Waals surface area contributed by atoms with Crippen LogP contribution >= 0.6 is 0 Å². The number of anilines is 2. The number of ether oxygens (including phenoxy) is 1. The smallest absolute Gasteiger partial charge is 0.251 e. The average molecular weight is 402 g/mol. The fourth-order valence-electron chi connectivity index (χ4n) is 3.80. The second kappa shape index (κ2) is 9.39. The van der Waals surface area contributed by atoms with Gasteiger partial charge in [0.2, 0.25) is 0 Å². The number of aromatic nitrogens is 2. The lowest BCUT2D eigenvalue weighted by Gasteiger charge is -2.22. The summed E-state index contributed by atoms with van der Waals surface area (Å²) in [5, 5.41) is 6.42. The minimum Gasteiger partial charge on any atom is -0.496 e. The van der Waals surface area contributed by atoms with Gasteiger partial charge >= 0.3 is 0 Å². The lowest BCUT2D eigenvalue weighted by atomic mass is 9.95. The largest absolute Gasteiger partial charge is 0.496 e. The van der Waals surface area contributed by atoms with E-state index >= 15 is 0 Å². The Labute approximate surface area is 176 Å². The Hall–Kier alpha value is -3.41. The van der Waals surface area contributed by atoms with E-state index in [0.717, 1.165) is 35.5 Å². The van der Waals surface area contributed by atoms with Crippen LogP contribution < -0.4 is 15.4 Å². The van der Waals surface area contributed by atoms with Crippen molar-refractivity contribution in [3.63, 3.8) is 0 Å². The van der Waals surface area contributed by atoms with Gasteiger partial charge in [0.05, 0.1) is 12.8 Å². The monoisotopic (exact) mass is 402 g/mol. The molecular formula is C24H26N4O2. The lowest BCUT2D eigenvalue weighted by Crippen LogP contribution is -2.36. The van der Waals surface area contributed by atoms with Gasteiger partial charge < -0.3 is 15.4 Å². The summed E-state index contributed by atoms with van der Waals surface area (Å²) in [7, 11) is 1.64. The minimum absolute atomic E-state index is 0.00561. The second-order valence-corrected chi connectivity index (χ2v) is 7.50. The summed E-state index contributed by atoms with van der Waals surface area (Å²) in [5.41, 5.74) is 3.20. The number of hydrogen-bond donors (Lipinski definition) is 2. The molecule has 154 valence electrons. The number of methoxy groups -OCH3 is 1. The number of benzene rings is 2. The summed E-state index contributed by atoms with van der Waals surface area (Å²) in [6.07, 6.45) is 7.35. The molecule has 1 aromatic heterocycles. The van der Waals surface area contributed by atoms with E-state index in [2.05, 4.69) is 20.6 Å². The quantitative estimate of drug-likeness (QED) is 0.610. The summed E-state index contributed by atoms with van der Waals surface area (Å²) in [6, 6.07) is 17.4. The molecule has 1 heterocycles. The summed E-state index contributed by atoms with van der Waals surface area (Å²) < 4.78 is 5.43. The Bertz CT molecular complexity index is 998. The van der Waals surface area contributed by atoms with Crippen molar-refractivity contribution in [2.45, 2.75) is 38.1 Å². The highest BCUT2D eigenvalue weighted by Crippen LogP contribution is 2.29. The van der Waals surface area contributed by atoms with Gasteiger partial charge in [0.15, 0.2) is 0 Å². The normalized spacial score (nSPS) is 14.2. The molecule has 6 nitrogen and oxygen atoms in total. The Balaban J connectivity index is 1.44. The van der Waals surface area contributed by atoms with E-state index in [0.29, 0.717) is 17.4 Å². The summed E-state index contributed by atoms with van der Waals surface area (Å²) in [5.74, 6) is 1.43. The number of nitrogens with one attached hydrogen (secondary N) is 2. The van der Waals surface area contributed by atoms with Crippen molar-refractivity contribution in [3.8, 4) is 17.0 Å². The van der Waals surface area contributed by atoms with Crippen LogP contribution in [0.4, 0.5) is 11.5 Å². The molecular weight excluding hydrogens is 376 g/mol. The molecule has 0 spiro atoms. The first-order valence-electron chi connectivity index (χ1n) is 10.4. The second-order valence-electron chi connectivity index (χ2n) is 7.50. The van der Waals surface area contributed by atoms with Crippen LogP contribution in [0.1, 0.15) is 42.5 Å². The zero-order valence-corrected chi connectivity index (χ0v) is 17.1. The fourth-order valence-corrected chi connectivity index (χ4v) is 3.80. The van der Waals surface area contributed by atoms with Crippen LogP contribution in [-0.4, -0.2) is 29.0 Å². The lowest BCUT2D eigenvalue weighted by molar-refractivity contribution is 0.0927. The summed E-state index contributed by atoms with van der Waals surface area (Å²) >= 11 is 0. The first-order chi connectivity index (χ1) is 14.7. The maximum Gasteiger partial charge on any atom is 0.251 e. The number of para-hydroxylation sites is 1. The molecule has 1 saturated carbocycles. The molecule has 0 aliphatic heterocycles. The molecule has 1 amide bonds. The molecule has 2 aromatic carbocycles. The standard InChI is InChI=1S/C24H26N4O2/c1-30-22-10-6-5-9-20(22)21-15-23(26-16-25-21)27-19-13-11-17(12-14-19)24(29)28-18-7-3-2-4-8-18/h5-6,9-16,18H,2-4,7-8H2,1H3,(H,28,29)(H,25,26,27). The van der Waals surface area contributed by atoms with E-state index in [1.165, 1.54) is 25.6 Å². The van der Waals surface area contributed by atoms with Crippen LogP contribution in [0.15, 0.2) is 60.9 Å². The highest BCUT2D eigenvalue weighted by atomic mass is 16.5. The maximum absolute atomic E-state index is 12.5. The van der Waals surface area contributed by atoms with E-state index in [1.54, 1.807) is 7.11 Å². The molecule has 6 heteroatoms. The third-order valence-corrected chi connectivity index (χ3v) is 5.41. The number of rotatable bonds is 6. The third-order valence-electron chi connectivity index (χ3n) is 5.41. The number of nitrogens with zero attached hydrogens (tertiary/aromatic N) is 2. The third kappa shape index (κ3) is 4.76. The SMILES string of the molecule is COc1ccccc1-c1cc(Nc2ccc(C(=O)NC3CCCCC3)cc2)ncn1. The van der Waals surface area contributed by atoms with Gasteiger partial charge in [-0.3, -0.25) is 4.79 Å². The minimum atomic E-state index is -0.00561. The highest BCUT2D eigenvalue weighted by molar-refractivity contribution is 5.94. The first kappa shape index (κ1) is 19.9. The van der Waals surface area contributed by atoms with E-state index in [1.807, 2.05) is 54.6 Å². The van der Waals surface area contributed by atoms with Gasteiger partial charge in [-0.2, -0.15) is 0 Å². The van der Waals surface area contributed by atoms with Crippen LogP contribution in [0.5, 0.6) is 5.75 Å². The van der Waals surface area contributed by atoms with Crippen molar-refractivity contribution < 1.29 is 9.53 Å². The van der Waals surface area contributed by atoms with Crippen LogP contribution in [-0.2, 0) is 0 Å². The van der Waals surface area contributed by atoms with E-state index < -0.39 is 0 Å². The molecule has 0 unspecified atom stereocenters. The zero-order chi connectivity index (χ0) is 20.8. The molecule has 0 radical (unpaired) electrons. The van der Waals surface area contributed by atoms with Gasteiger partial charge in [0.25, 0.3) is 5.91 Å². The molecule has 0 bridgehead atoms. The van der Waals surface area contributed by atoms with Crippen LogP contribution in [0.2, 0.25) is 0 Å². The average Bonchev–Trinajstić information content (AvgIpc) is 2.80. The molecule has 30 heavy (non-hydrogen) atoms. The van der Waals surface area contributed by atoms with Crippen molar-refractivity contribution in [3.05, 3.63) is 66.5 Å². The first-order valence-corrected chi connectivity index (χ1v) is 10.4. The highest BCUT2D eigenvalue weighted by Gasteiger charge is 2.16. The van der Waals surface area contributed by atoms with Crippen molar-refractivity contribution in [2.75, 3.05) is 12.4 Å². The van der Waals surface area contributed by atoms with Crippen molar-refractivity contribution in [2.24, 2.45) is 0 Å². The molecule has 3 aromatic rings. The molecule has 1 aliphatic rings. The predicted octanol–water partition coefficient (Wildman–Crippen LogP) is 4.96.